The van der Waals surface area contributed by atoms with Crippen molar-refractivity contribution in [3.63, 3.8) is 0 Å². The third kappa shape index (κ3) is 6.77. The minimum atomic E-state index is -0.305. The standard InChI is InChI=1S/C16H19N3O2/c1-3-5-6-7-15(20)18-13-8-10-14(11-9-13)19-16(21)17-12-4-2/h3-11H,2,12H2,1H3,(H,18,20)(H2,17,19,21)/b5-3+,7-6+. The molecule has 0 atom stereocenters. The van der Waals surface area contributed by atoms with Crippen LogP contribution in [-0.4, -0.2) is 18.5 Å². The molecule has 0 aliphatic carbocycles. The number of anilines is 2. The van der Waals surface area contributed by atoms with Gasteiger partial charge in [-0.2, -0.15) is 0 Å². The summed E-state index contributed by atoms with van der Waals surface area (Å²) in [7, 11) is 0. The fraction of sp³-hybridized carbons (Fsp3) is 0.125. The van der Waals surface area contributed by atoms with E-state index < -0.39 is 0 Å². The maximum absolute atomic E-state index is 11.5. The van der Waals surface area contributed by atoms with Crippen molar-refractivity contribution in [3.8, 4) is 0 Å². The molecule has 0 saturated carbocycles. The second kappa shape index (κ2) is 9.14. The van der Waals surface area contributed by atoms with E-state index in [9.17, 15) is 9.59 Å². The van der Waals surface area contributed by atoms with Gasteiger partial charge in [0.15, 0.2) is 0 Å². The molecule has 0 aliphatic heterocycles. The summed E-state index contributed by atoms with van der Waals surface area (Å²) in [6, 6.07) is 6.54. The van der Waals surface area contributed by atoms with E-state index in [1.54, 1.807) is 42.5 Å². The Bertz CT molecular complexity index is 545. The Hall–Kier alpha value is -2.82. The minimum Gasteiger partial charge on any atom is -0.334 e. The summed E-state index contributed by atoms with van der Waals surface area (Å²) in [5.41, 5.74) is 1.29. The zero-order chi connectivity index (χ0) is 15.5. The van der Waals surface area contributed by atoms with Crippen LogP contribution in [0.2, 0.25) is 0 Å². The summed E-state index contributed by atoms with van der Waals surface area (Å²) in [5, 5.41) is 7.98. The van der Waals surface area contributed by atoms with Crippen LogP contribution in [0, 0.1) is 0 Å². The number of urea groups is 1. The average Bonchev–Trinajstić information content (AvgIpc) is 2.47. The van der Waals surface area contributed by atoms with Crippen LogP contribution in [0.4, 0.5) is 16.2 Å². The van der Waals surface area contributed by atoms with Gasteiger partial charge in [0, 0.05) is 24.0 Å². The molecule has 1 aromatic carbocycles. The van der Waals surface area contributed by atoms with E-state index in [1.165, 1.54) is 6.08 Å². The lowest BCUT2D eigenvalue weighted by atomic mass is 10.2. The fourth-order valence-electron chi connectivity index (χ4n) is 1.42. The van der Waals surface area contributed by atoms with Gasteiger partial charge in [-0.25, -0.2) is 4.79 Å². The number of hydrogen-bond acceptors (Lipinski definition) is 2. The molecule has 5 heteroatoms. The zero-order valence-corrected chi connectivity index (χ0v) is 11.9. The highest BCUT2D eigenvalue weighted by molar-refractivity contribution is 5.99. The molecule has 5 nitrogen and oxygen atoms in total. The molecule has 0 heterocycles. The fourth-order valence-corrected chi connectivity index (χ4v) is 1.42. The zero-order valence-electron chi connectivity index (χ0n) is 11.9. The van der Waals surface area contributed by atoms with Crippen LogP contribution < -0.4 is 16.0 Å². The molecule has 1 rings (SSSR count). The third-order valence-electron chi connectivity index (χ3n) is 2.37. The van der Waals surface area contributed by atoms with Crippen molar-refractivity contribution in [1.29, 1.82) is 0 Å². The van der Waals surface area contributed by atoms with Gasteiger partial charge >= 0.3 is 6.03 Å². The molecular weight excluding hydrogens is 266 g/mol. The van der Waals surface area contributed by atoms with Gasteiger partial charge < -0.3 is 16.0 Å². The predicted molar refractivity (Wildman–Crippen MR) is 86.2 cm³/mol. The van der Waals surface area contributed by atoms with Gasteiger partial charge in [-0.05, 0) is 31.2 Å². The summed E-state index contributed by atoms with van der Waals surface area (Å²) in [6.45, 7) is 5.79. The Morgan fingerprint density at radius 1 is 1.10 bits per heavy atom. The van der Waals surface area contributed by atoms with E-state index in [4.69, 9.17) is 0 Å². The van der Waals surface area contributed by atoms with Crippen LogP contribution >= 0.6 is 0 Å². The number of carbonyl (C=O) groups excluding carboxylic acids is 2. The van der Waals surface area contributed by atoms with Gasteiger partial charge in [0.2, 0.25) is 5.91 Å². The molecule has 3 N–H and O–H groups in total. The van der Waals surface area contributed by atoms with Crippen molar-refractivity contribution in [2.75, 3.05) is 17.2 Å². The second-order valence-electron chi connectivity index (χ2n) is 4.08. The van der Waals surface area contributed by atoms with Gasteiger partial charge in [-0.15, -0.1) is 6.58 Å². The SMILES string of the molecule is C=CCNC(=O)Nc1ccc(NC(=O)/C=C/C=C/C)cc1. The molecular formula is C16H19N3O2. The van der Waals surface area contributed by atoms with Crippen LogP contribution in [0.15, 0.2) is 61.2 Å². The average molecular weight is 285 g/mol. The topological polar surface area (TPSA) is 70.2 Å². The van der Waals surface area contributed by atoms with Crippen molar-refractivity contribution in [3.05, 3.63) is 61.2 Å². The quantitative estimate of drug-likeness (QED) is 0.427. The smallest absolute Gasteiger partial charge is 0.319 e. The summed E-state index contributed by atoms with van der Waals surface area (Å²) in [4.78, 5) is 23.0. The number of carbonyl (C=O) groups is 2. The summed E-state index contributed by atoms with van der Waals surface area (Å²) >= 11 is 0. The first-order chi connectivity index (χ1) is 10.2. The van der Waals surface area contributed by atoms with Crippen molar-refractivity contribution in [2.24, 2.45) is 0 Å². The van der Waals surface area contributed by atoms with Gasteiger partial charge in [0.25, 0.3) is 0 Å². The molecule has 0 spiro atoms. The third-order valence-corrected chi connectivity index (χ3v) is 2.37. The minimum absolute atomic E-state index is 0.211. The van der Waals surface area contributed by atoms with Crippen LogP contribution in [-0.2, 0) is 4.79 Å². The number of nitrogens with one attached hydrogen (secondary N) is 3. The van der Waals surface area contributed by atoms with E-state index >= 15 is 0 Å². The van der Waals surface area contributed by atoms with Crippen molar-refractivity contribution in [1.82, 2.24) is 5.32 Å². The highest BCUT2D eigenvalue weighted by Gasteiger charge is 2.01. The second-order valence-corrected chi connectivity index (χ2v) is 4.08. The van der Waals surface area contributed by atoms with E-state index in [1.807, 2.05) is 13.0 Å². The van der Waals surface area contributed by atoms with E-state index in [0.717, 1.165) is 0 Å². The number of amides is 3. The molecule has 21 heavy (non-hydrogen) atoms. The molecule has 0 fully saturated rings. The maximum Gasteiger partial charge on any atom is 0.319 e. The van der Waals surface area contributed by atoms with Crippen LogP contribution in [0.25, 0.3) is 0 Å². The van der Waals surface area contributed by atoms with E-state index in [2.05, 4.69) is 22.5 Å². The Balaban J connectivity index is 2.52. The van der Waals surface area contributed by atoms with Crippen LogP contribution in [0.1, 0.15) is 6.92 Å². The highest BCUT2D eigenvalue weighted by Crippen LogP contribution is 2.13. The Kier molecular flexibility index (Phi) is 7.07. The lowest BCUT2D eigenvalue weighted by molar-refractivity contribution is -0.111. The molecule has 0 unspecified atom stereocenters. The van der Waals surface area contributed by atoms with Crippen LogP contribution in [0.3, 0.4) is 0 Å². The Labute approximate surface area is 124 Å². The molecule has 110 valence electrons. The van der Waals surface area contributed by atoms with Gasteiger partial charge in [-0.3, -0.25) is 4.79 Å². The molecule has 0 aromatic heterocycles. The molecule has 0 bridgehead atoms. The first-order valence-corrected chi connectivity index (χ1v) is 6.52. The van der Waals surface area contributed by atoms with Crippen molar-refractivity contribution >= 4 is 23.3 Å². The summed E-state index contributed by atoms with van der Waals surface area (Å²) in [6.07, 6.45) is 8.31. The lowest BCUT2D eigenvalue weighted by Gasteiger charge is -2.07. The molecule has 0 saturated heterocycles. The largest absolute Gasteiger partial charge is 0.334 e. The van der Waals surface area contributed by atoms with Crippen molar-refractivity contribution < 1.29 is 9.59 Å². The molecule has 1 aromatic rings. The normalized spacial score (nSPS) is 10.5. The maximum atomic E-state index is 11.5. The number of rotatable bonds is 6. The van der Waals surface area contributed by atoms with Crippen LogP contribution in [0.5, 0.6) is 0 Å². The predicted octanol–water partition coefficient (Wildman–Crippen LogP) is 3.06. The van der Waals surface area contributed by atoms with E-state index in [-0.39, 0.29) is 11.9 Å². The lowest BCUT2D eigenvalue weighted by Crippen LogP contribution is -2.28. The van der Waals surface area contributed by atoms with Gasteiger partial charge in [-0.1, -0.05) is 24.3 Å². The number of allylic oxidation sites excluding steroid dienone is 3. The molecule has 0 radical (unpaired) electrons. The number of benzene rings is 1. The summed E-state index contributed by atoms with van der Waals surface area (Å²) < 4.78 is 0. The van der Waals surface area contributed by atoms with E-state index in [0.29, 0.717) is 17.9 Å². The van der Waals surface area contributed by atoms with Crippen molar-refractivity contribution in [2.45, 2.75) is 6.92 Å². The Morgan fingerprint density at radius 3 is 2.29 bits per heavy atom. The Morgan fingerprint density at radius 2 is 1.71 bits per heavy atom. The monoisotopic (exact) mass is 285 g/mol. The summed E-state index contributed by atoms with van der Waals surface area (Å²) in [5.74, 6) is -0.211. The molecule has 0 aliphatic rings. The van der Waals surface area contributed by atoms with Gasteiger partial charge in [0.1, 0.15) is 0 Å². The molecule has 3 amide bonds. The number of hydrogen-bond donors (Lipinski definition) is 3. The first kappa shape index (κ1) is 16.2. The van der Waals surface area contributed by atoms with Gasteiger partial charge in [0.05, 0.1) is 0 Å². The first-order valence-electron chi connectivity index (χ1n) is 6.52. The highest BCUT2D eigenvalue weighted by atomic mass is 16.2.